The van der Waals surface area contributed by atoms with Crippen LogP contribution in [0, 0.1) is 13.8 Å². The molecule has 0 bridgehead atoms. The van der Waals surface area contributed by atoms with Crippen LogP contribution in [0.2, 0.25) is 0 Å². The van der Waals surface area contributed by atoms with Crippen molar-refractivity contribution in [1.29, 1.82) is 0 Å². The zero-order chi connectivity index (χ0) is 17.6. The second-order valence-corrected chi connectivity index (χ2v) is 5.97. The molecule has 25 heavy (non-hydrogen) atoms. The fraction of sp³-hybridized carbons (Fsp3) is 0.235. The molecule has 4 rings (SSSR count). The summed E-state index contributed by atoms with van der Waals surface area (Å²) < 4.78 is 1.65. The van der Waals surface area contributed by atoms with Crippen LogP contribution in [0.5, 0.6) is 0 Å². The van der Waals surface area contributed by atoms with Crippen LogP contribution in [0.4, 0.5) is 5.82 Å². The summed E-state index contributed by atoms with van der Waals surface area (Å²) in [6.07, 6.45) is 4.96. The van der Waals surface area contributed by atoms with Crippen molar-refractivity contribution in [1.82, 2.24) is 29.7 Å². The highest BCUT2D eigenvalue weighted by atomic mass is 16.1. The van der Waals surface area contributed by atoms with Crippen molar-refractivity contribution >= 4 is 27.8 Å². The number of H-pyrrole nitrogens is 1. The Balaban J connectivity index is 1.76. The molecule has 8 heteroatoms. The van der Waals surface area contributed by atoms with E-state index in [1.54, 1.807) is 24.1 Å². The molecule has 0 aromatic carbocycles. The molecule has 0 saturated heterocycles. The van der Waals surface area contributed by atoms with E-state index in [2.05, 4.69) is 30.4 Å². The minimum Gasteiger partial charge on any atom is -0.365 e. The Kier molecular flexibility index (Phi) is 3.45. The van der Waals surface area contributed by atoms with Crippen molar-refractivity contribution in [3.8, 4) is 0 Å². The van der Waals surface area contributed by atoms with Gasteiger partial charge in [0.2, 0.25) is 0 Å². The number of anilines is 1. The monoisotopic (exact) mass is 335 g/mol. The maximum Gasteiger partial charge on any atom is 0.273 e. The summed E-state index contributed by atoms with van der Waals surface area (Å²) in [5.74, 6) is 0.707. The highest BCUT2D eigenvalue weighted by molar-refractivity contribution is 5.88. The smallest absolute Gasteiger partial charge is 0.273 e. The van der Waals surface area contributed by atoms with Crippen molar-refractivity contribution < 1.29 is 0 Å². The van der Waals surface area contributed by atoms with Gasteiger partial charge in [-0.15, -0.1) is 0 Å². The van der Waals surface area contributed by atoms with E-state index in [9.17, 15) is 4.79 Å². The van der Waals surface area contributed by atoms with Gasteiger partial charge in [-0.05, 0) is 31.0 Å². The van der Waals surface area contributed by atoms with Crippen LogP contribution >= 0.6 is 0 Å². The lowest BCUT2D eigenvalue weighted by molar-refractivity contribution is 0.772. The topological polar surface area (TPSA) is 101 Å². The molecule has 0 saturated carbocycles. The lowest BCUT2D eigenvalue weighted by Gasteiger charge is -2.13. The van der Waals surface area contributed by atoms with E-state index in [1.165, 1.54) is 6.33 Å². The first-order chi connectivity index (χ1) is 12.1. The zero-order valence-corrected chi connectivity index (χ0v) is 14.2. The molecule has 0 aliphatic carbocycles. The highest BCUT2D eigenvalue weighted by Gasteiger charge is 2.15. The first-order valence-electron chi connectivity index (χ1n) is 7.89. The van der Waals surface area contributed by atoms with Crippen molar-refractivity contribution in [3.63, 3.8) is 0 Å². The van der Waals surface area contributed by atoms with Gasteiger partial charge in [-0.25, -0.2) is 15.0 Å². The summed E-state index contributed by atoms with van der Waals surface area (Å²) in [5.41, 5.74) is 4.16. The number of nitrogens with one attached hydrogen (secondary N) is 2. The SMILES string of the molecule is Cc1nc2c(c(C)c1CNc1ncnc3ccncc13)c(=O)[nH]n2C. The second kappa shape index (κ2) is 5.66. The van der Waals surface area contributed by atoms with Crippen LogP contribution in [-0.4, -0.2) is 29.7 Å². The molecule has 0 aliphatic heterocycles. The summed E-state index contributed by atoms with van der Waals surface area (Å²) in [6.45, 7) is 4.40. The van der Waals surface area contributed by atoms with Crippen LogP contribution in [0.1, 0.15) is 16.8 Å². The first kappa shape index (κ1) is 15.3. The molecule has 0 aliphatic rings. The summed E-state index contributed by atoms with van der Waals surface area (Å²) in [7, 11) is 1.79. The van der Waals surface area contributed by atoms with Crippen LogP contribution < -0.4 is 10.9 Å². The molecule has 2 N–H and O–H groups in total. The molecule has 4 aromatic heterocycles. The molecular formula is C17H17N7O. The number of hydrogen-bond acceptors (Lipinski definition) is 6. The van der Waals surface area contributed by atoms with E-state index in [4.69, 9.17) is 0 Å². The quantitative estimate of drug-likeness (QED) is 0.592. The van der Waals surface area contributed by atoms with Crippen LogP contribution in [0.3, 0.4) is 0 Å². The largest absolute Gasteiger partial charge is 0.365 e. The normalized spacial score (nSPS) is 11.3. The molecule has 4 aromatic rings. The molecule has 4 heterocycles. The first-order valence-corrected chi connectivity index (χ1v) is 7.89. The van der Waals surface area contributed by atoms with Gasteiger partial charge in [-0.3, -0.25) is 19.6 Å². The van der Waals surface area contributed by atoms with Gasteiger partial charge in [0.05, 0.1) is 16.3 Å². The summed E-state index contributed by atoms with van der Waals surface area (Å²) in [5, 5.41) is 7.56. The van der Waals surface area contributed by atoms with Crippen LogP contribution in [0.25, 0.3) is 21.9 Å². The van der Waals surface area contributed by atoms with Gasteiger partial charge in [0.1, 0.15) is 12.1 Å². The Hall–Kier alpha value is -3.29. The third-order valence-corrected chi connectivity index (χ3v) is 4.45. The van der Waals surface area contributed by atoms with Gasteiger partial charge in [-0.2, -0.15) is 0 Å². The van der Waals surface area contributed by atoms with Gasteiger partial charge in [-0.1, -0.05) is 0 Å². The average Bonchev–Trinajstić information content (AvgIpc) is 2.88. The molecule has 0 unspecified atom stereocenters. The number of aromatic nitrogens is 6. The van der Waals surface area contributed by atoms with Crippen molar-refractivity contribution in [2.24, 2.45) is 7.05 Å². The van der Waals surface area contributed by atoms with E-state index in [0.717, 1.165) is 27.7 Å². The minimum atomic E-state index is -0.125. The minimum absolute atomic E-state index is 0.125. The van der Waals surface area contributed by atoms with Gasteiger partial charge >= 0.3 is 0 Å². The zero-order valence-electron chi connectivity index (χ0n) is 14.2. The van der Waals surface area contributed by atoms with Crippen molar-refractivity contribution in [2.75, 3.05) is 5.32 Å². The van der Waals surface area contributed by atoms with Crippen LogP contribution in [-0.2, 0) is 13.6 Å². The Bertz CT molecular complexity index is 1150. The lowest BCUT2D eigenvalue weighted by atomic mass is 10.0. The third-order valence-electron chi connectivity index (χ3n) is 4.45. The fourth-order valence-corrected chi connectivity index (χ4v) is 3.12. The number of fused-ring (bicyclic) bond motifs is 2. The number of rotatable bonds is 3. The summed E-state index contributed by atoms with van der Waals surface area (Å²) >= 11 is 0. The summed E-state index contributed by atoms with van der Waals surface area (Å²) in [4.78, 5) is 29.4. The van der Waals surface area contributed by atoms with Gasteiger partial charge in [0.25, 0.3) is 5.56 Å². The molecule has 8 nitrogen and oxygen atoms in total. The molecule has 0 atom stereocenters. The fourth-order valence-electron chi connectivity index (χ4n) is 3.12. The second-order valence-electron chi connectivity index (χ2n) is 5.97. The third kappa shape index (κ3) is 2.42. The number of aromatic amines is 1. The predicted molar refractivity (Wildman–Crippen MR) is 95.5 cm³/mol. The lowest BCUT2D eigenvalue weighted by Crippen LogP contribution is -2.09. The van der Waals surface area contributed by atoms with Crippen LogP contribution in [0.15, 0.2) is 29.6 Å². The average molecular weight is 335 g/mol. The van der Waals surface area contributed by atoms with Gasteiger partial charge < -0.3 is 5.32 Å². The molecule has 0 fully saturated rings. The maximum absolute atomic E-state index is 12.2. The Labute approximate surface area is 143 Å². The van der Waals surface area contributed by atoms with Gasteiger partial charge in [0, 0.05) is 31.7 Å². The van der Waals surface area contributed by atoms with E-state index in [-0.39, 0.29) is 5.56 Å². The molecule has 126 valence electrons. The van der Waals surface area contributed by atoms with E-state index >= 15 is 0 Å². The highest BCUT2D eigenvalue weighted by Crippen LogP contribution is 2.22. The Morgan fingerprint density at radius 2 is 2.12 bits per heavy atom. The van der Waals surface area contributed by atoms with Crippen molar-refractivity contribution in [3.05, 3.63) is 52.0 Å². The predicted octanol–water partition coefficient (Wildman–Crippen LogP) is 1.83. The van der Waals surface area contributed by atoms with E-state index < -0.39 is 0 Å². The number of aryl methyl sites for hydroxylation is 3. The Morgan fingerprint density at radius 3 is 2.96 bits per heavy atom. The summed E-state index contributed by atoms with van der Waals surface area (Å²) in [6, 6.07) is 1.84. The molecular weight excluding hydrogens is 318 g/mol. The van der Waals surface area contributed by atoms with Gasteiger partial charge in [0.15, 0.2) is 5.65 Å². The van der Waals surface area contributed by atoms with Crippen molar-refractivity contribution in [2.45, 2.75) is 20.4 Å². The number of nitrogens with zero attached hydrogens (tertiary/aromatic N) is 5. The number of hydrogen-bond donors (Lipinski definition) is 2. The number of pyridine rings is 2. The van der Waals surface area contributed by atoms with E-state index in [0.29, 0.717) is 23.4 Å². The maximum atomic E-state index is 12.2. The standard InChI is InChI=1S/C17H17N7O/c1-9-11(10(2)22-16-14(9)17(25)23-24(16)3)7-19-15-12-6-18-5-4-13(12)20-8-21-15/h4-6,8H,7H2,1-3H3,(H,23,25)(H,19,20,21). The Morgan fingerprint density at radius 1 is 1.28 bits per heavy atom. The van der Waals surface area contributed by atoms with E-state index in [1.807, 2.05) is 19.9 Å². The molecule has 0 amide bonds. The molecule has 0 radical (unpaired) electrons. The molecule has 0 spiro atoms.